The summed E-state index contributed by atoms with van der Waals surface area (Å²) in [4.78, 5) is 80.9. The molecular weight excluding hydrogens is 964 g/mol. The van der Waals surface area contributed by atoms with E-state index < -0.39 is 29.7 Å². The van der Waals surface area contributed by atoms with Crippen molar-refractivity contribution in [3.63, 3.8) is 0 Å². The molecule has 1 unspecified atom stereocenters. The minimum absolute atomic E-state index is 0.0530. The fourth-order valence-corrected chi connectivity index (χ4v) is 9.79. The number of nitrogen functional groups attached to an aromatic ring is 1. The fourth-order valence-electron chi connectivity index (χ4n) is 8.65. The third-order valence-corrected chi connectivity index (χ3v) is 13.7. The van der Waals surface area contributed by atoms with E-state index in [0.717, 1.165) is 53.2 Å². The smallest absolute Gasteiger partial charge is 0.264 e. The fraction of sp³-hybridized carbons (Fsp3) is 0.442. The van der Waals surface area contributed by atoms with Crippen LogP contribution in [-0.4, -0.2) is 154 Å². The van der Waals surface area contributed by atoms with Crippen LogP contribution in [-0.2, 0) is 44.5 Å². The molecule has 388 valence electrons. The number of nitrogens with zero attached hydrogens (tertiary/aromatic N) is 3. The molecule has 0 bridgehead atoms. The van der Waals surface area contributed by atoms with Gasteiger partial charge < -0.3 is 45.4 Å². The number of piperidine rings is 1. The van der Waals surface area contributed by atoms with Gasteiger partial charge in [0, 0.05) is 84.1 Å². The SMILES string of the molecule is Nc1ncc(-c2ccc(SN(CCCNC(=O)CCOCCOCCOCCOCCOCCNc3cccc4c3C(=O)N(C3CCC(=O)NC3=O)C4=O)C3CC3)cc2F)cc1-c1ccc2c(c1)CCNC2=O. The number of imide groups is 2. The normalized spacial score (nSPS) is 16.4. The van der Waals surface area contributed by atoms with Crippen LogP contribution in [0.4, 0.5) is 15.9 Å². The lowest BCUT2D eigenvalue weighted by molar-refractivity contribution is -0.136. The molecule has 2 fully saturated rings. The minimum atomic E-state index is -1.03. The zero-order valence-corrected chi connectivity index (χ0v) is 41.4. The third kappa shape index (κ3) is 14.3. The number of hydrogen-bond donors (Lipinski definition) is 5. The zero-order valence-electron chi connectivity index (χ0n) is 40.6. The van der Waals surface area contributed by atoms with Gasteiger partial charge in [0.25, 0.3) is 17.7 Å². The van der Waals surface area contributed by atoms with E-state index in [1.54, 1.807) is 42.6 Å². The summed E-state index contributed by atoms with van der Waals surface area (Å²) < 4.78 is 45.8. The predicted molar refractivity (Wildman–Crippen MR) is 269 cm³/mol. The molecule has 6 N–H and O–H groups in total. The van der Waals surface area contributed by atoms with E-state index in [1.807, 2.05) is 24.3 Å². The molecule has 3 aliphatic heterocycles. The molecule has 0 radical (unpaired) electrons. The van der Waals surface area contributed by atoms with Gasteiger partial charge in [-0.3, -0.25) is 39.0 Å². The van der Waals surface area contributed by atoms with Gasteiger partial charge in [-0.05, 0) is 91.6 Å². The minimum Gasteiger partial charge on any atom is -0.383 e. The number of pyridine rings is 1. The van der Waals surface area contributed by atoms with Gasteiger partial charge in [-0.15, -0.1) is 0 Å². The topological polar surface area (TPSA) is 242 Å². The van der Waals surface area contributed by atoms with Gasteiger partial charge in [-0.1, -0.05) is 24.3 Å². The van der Waals surface area contributed by atoms with Crippen molar-refractivity contribution in [3.05, 3.63) is 94.9 Å². The lowest BCUT2D eigenvalue weighted by Crippen LogP contribution is -2.54. The molecule has 1 saturated heterocycles. The van der Waals surface area contributed by atoms with Crippen molar-refractivity contribution in [2.45, 2.75) is 61.9 Å². The second kappa shape index (κ2) is 26.1. The lowest BCUT2D eigenvalue weighted by Gasteiger charge is -2.27. The van der Waals surface area contributed by atoms with Crippen LogP contribution >= 0.6 is 11.9 Å². The average molecular weight is 1030 g/mol. The predicted octanol–water partition coefficient (Wildman–Crippen LogP) is 4.39. The highest BCUT2D eigenvalue weighted by atomic mass is 32.2. The Labute approximate surface area is 426 Å². The molecule has 3 aromatic carbocycles. The van der Waals surface area contributed by atoms with Crippen LogP contribution < -0.4 is 27.0 Å². The maximum atomic E-state index is 15.7. The summed E-state index contributed by atoms with van der Waals surface area (Å²) in [5, 5.41) is 11.2. The second-order valence-electron chi connectivity index (χ2n) is 17.8. The monoisotopic (exact) mass is 1020 g/mol. The Bertz CT molecular complexity index is 2660. The summed E-state index contributed by atoms with van der Waals surface area (Å²) >= 11 is 1.53. The van der Waals surface area contributed by atoms with Crippen LogP contribution in [0.15, 0.2) is 71.8 Å². The van der Waals surface area contributed by atoms with Crippen molar-refractivity contribution >= 4 is 58.9 Å². The summed E-state index contributed by atoms with van der Waals surface area (Å²) in [6.07, 6.45) is 5.58. The number of fused-ring (bicyclic) bond motifs is 2. The maximum absolute atomic E-state index is 15.7. The Hall–Kier alpha value is -6.33. The van der Waals surface area contributed by atoms with E-state index in [4.69, 9.17) is 29.4 Å². The molecule has 1 aromatic heterocycles. The molecule has 1 aliphatic carbocycles. The van der Waals surface area contributed by atoms with Crippen LogP contribution in [0.3, 0.4) is 0 Å². The second-order valence-corrected chi connectivity index (χ2v) is 18.9. The highest BCUT2D eigenvalue weighted by Gasteiger charge is 2.45. The van der Waals surface area contributed by atoms with Crippen molar-refractivity contribution in [2.75, 3.05) is 103 Å². The van der Waals surface area contributed by atoms with Gasteiger partial charge >= 0.3 is 0 Å². The number of carbonyl (C=O) groups is 6. The van der Waals surface area contributed by atoms with E-state index in [1.165, 1.54) is 11.9 Å². The Balaban J connectivity index is 0.613. The van der Waals surface area contributed by atoms with Crippen molar-refractivity contribution in [3.8, 4) is 22.3 Å². The molecule has 19 nitrogen and oxygen atoms in total. The quantitative estimate of drug-likeness (QED) is 0.0288. The van der Waals surface area contributed by atoms with E-state index in [2.05, 4.69) is 30.6 Å². The largest absolute Gasteiger partial charge is 0.383 e. The van der Waals surface area contributed by atoms with Crippen molar-refractivity contribution in [1.82, 2.24) is 30.1 Å². The Kier molecular flexibility index (Phi) is 18.9. The number of aromatic nitrogens is 1. The molecular formula is C52H61FN8O11S. The van der Waals surface area contributed by atoms with Crippen LogP contribution in [0.2, 0.25) is 0 Å². The van der Waals surface area contributed by atoms with Crippen molar-refractivity contribution in [2.24, 2.45) is 0 Å². The summed E-state index contributed by atoms with van der Waals surface area (Å²) in [7, 11) is 0. The first-order chi connectivity index (χ1) is 35.5. The standard InChI is InChI=1S/C52H61FN8O11S/c53-42-31-37(8-10-38(42)35-30-41(48(54)58-32-35)33-5-9-39-34(29-33)13-16-57-49(39)64)73-60(36-6-7-36)18-2-15-56-45(62)14-19-68-21-23-70-25-27-72-28-26-71-24-22-69-20-17-55-43-4-1-3-40-47(43)52(67)61(51(40)66)44-11-12-46(63)59-50(44)65/h1,3-5,8-10,29-32,36,44,55H,2,6-7,11-28H2,(H2,54,58)(H,56,62)(H,57,64)(H,59,63,65). The maximum Gasteiger partial charge on any atom is 0.264 e. The van der Waals surface area contributed by atoms with Crippen LogP contribution in [0.25, 0.3) is 22.3 Å². The molecule has 6 amide bonds. The molecule has 8 rings (SSSR count). The first-order valence-corrected chi connectivity index (χ1v) is 25.5. The van der Waals surface area contributed by atoms with Gasteiger partial charge in [0.15, 0.2) is 0 Å². The third-order valence-electron chi connectivity index (χ3n) is 12.6. The van der Waals surface area contributed by atoms with Gasteiger partial charge in [-0.2, -0.15) is 0 Å². The first-order valence-electron chi connectivity index (χ1n) is 24.7. The summed E-state index contributed by atoms with van der Waals surface area (Å²) in [6.45, 7) is 5.77. The molecule has 21 heteroatoms. The van der Waals surface area contributed by atoms with Gasteiger partial charge in [-0.25, -0.2) is 13.7 Å². The number of rotatable bonds is 29. The highest BCUT2D eigenvalue weighted by Crippen LogP contribution is 2.38. The molecule has 4 aromatic rings. The Morgan fingerprint density at radius 3 is 2.19 bits per heavy atom. The van der Waals surface area contributed by atoms with Gasteiger partial charge in [0.2, 0.25) is 17.7 Å². The number of amides is 6. The number of halogens is 1. The van der Waals surface area contributed by atoms with Gasteiger partial charge in [0.05, 0.1) is 77.2 Å². The van der Waals surface area contributed by atoms with E-state index >= 15 is 4.39 Å². The Morgan fingerprint density at radius 1 is 0.767 bits per heavy atom. The number of carbonyl (C=O) groups excluding carboxylic acids is 6. The summed E-state index contributed by atoms with van der Waals surface area (Å²) in [5.74, 6) is -2.43. The van der Waals surface area contributed by atoms with E-state index in [9.17, 15) is 28.8 Å². The van der Waals surface area contributed by atoms with Crippen LogP contribution in [0, 0.1) is 5.82 Å². The van der Waals surface area contributed by atoms with Gasteiger partial charge in [0.1, 0.15) is 17.7 Å². The molecule has 73 heavy (non-hydrogen) atoms. The molecule has 1 atom stereocenters. The lowest BCUT2D eigenvalue weighted by atomic mass is 9.94. The summed E-state index contributed by atoms with van der Waals surface area (Å²) in [6, 6.07) is 16.9. The number of benzene rings is 3. The van der Waals surface area contributed by atoms with E-state index in [-0.39, 0.29) is 54.6 Å². The molecule has 0 spiro atoms. The van der Waals surface area contributed by atoms with Crippen molar-refractivity contribution < 1.29 is 56.8 Å². The number of nitrogens with two attached hydrogens (primary N) is 1. The van der Waals surface area contributed by atoms with Crippen LogP contribution in [0.5, 0.6) is 0 Å². The van der Waals surface area contributed by atoms with Crippen molar-refractivity contribution in [1.29, 1.82) is 0 Å². The van der Waals surface area contributed by atoms with E-state index in [0.29, 0.717) is 119 Å². The van der Waals surface area contributed by atoms with Crippen LogP contribution in [0.1, 0.15) is 75.2 Å². The zero-order chi connectivity index (χ0) is 51.1. The number of anilines is 2. The number of ether oxygens (including phenoxy) is 5. The number of hydrogen-bond acceptors (Lipinski definition) is 16. The highest BCUT2D eigenvalue weighted by molar-refractivity contribution is 7.97. The summed E-state index contributed by atoms with van der Waals surface area (Å²) in [5.41, 5.74) is 11.3. The molecule has 4 heterocycles. The molecule has 4 aliphatic rings. The number of nitrogens with one attached hydrogen (secondary N) is 4. The molecule has 1 saturated carbocycles. The average Bonchev–Trinajstić information content (AvgIpc) is 4.20. The first kappa shape index (κ1) is 53.0. The Morgan fingerprint density at radius 2 is 1.48 bits per heavy atom.